The van der Waals surface area contributed by atoms with Gasteiger partial charge in [0, 0.05) is 19.3 Å². The van der Waals surface area contributed by atoms with Gasteiger partial charge in [-0.2, -0.15) is 0 Å². The van der Waals surface area contributed by atoms with Crippen LogP contribution in [-0.2, 0) is 28.6 Å². The summed E-state index contributed by atoms with van der Waals surface area (Å²) in [5.41, 5.74) is 0. The van der Waals surface area contributed by atoms with Crippen LogP contribution in [0.2, 0.25) is 0 Å². The molecule has 68 heavy (non-hydrogen) atoms. The van der Waals surface area contributed by atoms with Crippen molar-refractivity contribution in [3.63, 3.8) is 0 Å². The van der Waals surface area contributed by atoms with Crippen molar-refractivity contribution in [3.8, 4) is 0 Å². The number of carbonyl (C=O) groups excluding carboxylic acids is 3. The van der Waals surface area contributed by atoms with Crippen LogP contribution in [0.15, 0.2) is 122 Å². The van der Waals surface area contributed by atoms with Gasteiger partial charge in [-0.3, -0.25) is 14.4 Å². The van der Waals surface area contributed by atoms with Gasteiger partial charge in [0.15, 0.2) is 6.10 Å². The largest absolute Gasteiger partial charge is 0.462 e. The Morgan fingerprint density at radius 2 is 0.603 bits per heavy atom. The van der Waals surface area contributed by atoms with Crippen LogP contribution in [-0.4, -0.2) is 37.2 Å². The molecule has 1 unspecified atom stereocenters. The van der Waals surface area contributed by atoms with E-state index in [1.807, 2.05) is 12.2 Å². The van der Waals surface area contributed by atoms with E-state index >= 15 is 0 Å². The summed E-state index contributed by atoms with van der Waals surface area (Å²) in [7, 11) is 0. The lowest BCUT2D eigenvalue weighted by Gasteiger charge is -2.18. The van der Waals surface area contributed by atoms with Crippen molar-refractivity contribution in [1.29, 1.82) is 0 Å². The Morgan fingerprint density at radius 3 is 1.01 bits per heavy atom. The molecule has 0 saturated heterocycles. The van der Waals surface area contributed by atoms with Crippen LogP contribution in [0.25, 0.3) is 0 Å². The highest BCUT2D eigenvalue weighted by Crippen LogP contribution is 2.13. The van der Waals surface area contributed by atoms with E-state index in [2.05, 4.69) is 130 Å². The summed E-state index contributed by atoms with van der Waals surface area (Å²) in [6.07, 6.45) is 76.3. The molecular formula is C62H100O6. The SMILES string of the molecule is CC/C=C\C/C=C\C/C=C\C/C=C\C/C=C\C/C=C\CCC(=O)OCC(COC(=O)CCCCC/C=C\C/C=C\C/C=C\CC)OC(=O)CCCCCCCCC/C=C\CCCCCCCCC. The predicted molar refractivity (Wildman–Crippen MR) is 293 cm³/mol. The molecule has 0 aliphatic rings. The third kappa shape index (κ3) is 52.8. The number of esters is 3. The maximum Gasteiger partial charge on any atom is 0.306 e. The fourth-order valence-electron chi connectivity index (χ4n) is 7.12. The number of ether oxygens (including phenoxy) is 3. The van der Waals surface area contributed by atoms with Gasteiger partial charge in [0.05, 0.1) is 0 Å². The molecule has 384 valence electrons. The van der Waals surface area contributed by atoms with Crippen molar-refractivity contribution in [2.24, 2.45) is 0 Å². The van der Waals surface area contributed by atoms with Gasteiger partial charge < -0.3 is 14.2 Å². The summed E-state index contributed by atoms with van der Waals surface area (Å²) in [5, 5.41) is 0. The van der Waals surface area contributed by atoms with Crippen LogP contribution in [0.3, 0.4) is 0 Å². The van der Waals surface area contributed by atoms with Crippen molar-refractivity contribution >= 4 is 17.9 Å². The van der Waals surface area contributed by atoms with E-state index in [0.29, 0.717) is 19.3 Å². The van der Waals surface area contributed by atoms with E-state index < -0.39 is 6.10 Å². The molecule has 0 amide bonds. The van der Waals surface area contributed by atoms with E-state index in [1.165, 1.54) is 83.5 Å². The molecule has 0 aliphatic carbocycles. The van der Waals surface area contributed by atoms with Crippen molar-refractivity contribution < 1.29 is 28.6 Å². The minimum Gasteiger partial charge on any atom is -0.462 e. The number of rotatable bonds is 48. The lowest BCUT2D eigenvalue weighted by Crippen LogP contribution is -2.30. The molecular weight excluding hydrogens is 841 g/mol. The number of hydrogen-bond acceptors (Lipinski definition) is 6. The second kappa shape index (κ2) is 55.4. The van der Waals surface area contributed by atoms with Gasteiger partial charge in [0.25, 0.3) is 0 Å². The van der Waals surface area contributed by atoms with Crippen LogP contribution in [0, 0.1) is 0 Å². The van der Waals surface area contributed by atoms with Crippen LogP contribution >= 0.6 is 0 Å². The molecule has 0 aromatic heterocycles. The molecule has 0 aliphatic heterocycles. The monoisotopic (exact) mass is 941 g/mol. The molecule has 0 fully saturated rings. The highest BCUT2D eigenvalue weighted by molar-refractivity contribution is 5.71. The first-order valence-electron chi connectivity index (χ1n) is 27.5. The maximum absolute atomic E-state index is 12.8. The molecule has 0 aromatic rings. The number of hydrogen-bond donors (Lipinski definition) is 0. The van der Waals surface area contributed by atoms with Gasteiger partial charge in [0.1, 0.15) is 13.2 Å². The summed E-state index contributed by atoms with van der Waals surface area (Å²) < 4.78 is 16.7. The van der Waals surface area contributed by atoms with Gasteiger partial charge >= 0.3 is 17.9 Å². The zero-order valence-corrected chi connectivity index (χ0v) is 43.8. The van der Waals surface area contributed by atoms with Gasteiger partial charge in [0.2, 0.25) is 0 Å². The fourth-order valence-corrected chi connectivity index (χ4v) is 7.12. The molecule has 0 rings (SSSR count). The minimum atomic E-state index is -0.826. The number of unbranched alkanes of at least 4 members (excludes halogenated alkanes) is 17. The van der Waals surface area contributed by atoms with E-state index in [9.17, 15) is 14.4 Å². The van der Waals surface area contributed by atoms with Crippen molar-refractivity contribution in [2.75, 3.05) is 13.2 Å². The number of allylic oxidation sites excluding steroid dienone is 20. The Kier molecular flexibility index (Phi) is 52.0. The quantitative estimate of drug-likeness (QED) is 0.0262. The first-order valence-corrected chi connectivity index (χ1v) is 27.5. The van der Waals surface area contributed by atoms with Crippen LogP contribution in [0.1, 0.15) is 233 Å². The third-order valence-electron chi connectivity index (χ3n) is 11.2. The van der Waals surface area contributed by atoms with Crippen molar-refractivity contribution in [3.05, 3.63) is 122 Å². The van der Waals surface area contributed by atoms with E-state index in [0.717, 1.165) is 103 Å². The smallest absolute Gasteiger partial charge is 0.306 e. The molecule has 0 N–H and O–H groups in total. The van der Waals surface area contributed by atoms with Crippen LogP contribution < -0.4 is 0 Å². The summed E-state index contributed by atoms with van der Waals surface area (Å²) in [5.74, 6) is -1.04. The number of carbonyl (C=O) groups is 3. The zero-order chi connectivity index (χ0) is 49.3. The summed E-state index contributed by atoms with van der Waals surface area (Å²) in [6, 6.07) is 0. The molecule has 0 aromatic carbocycles. The highest BCUT2D eigenvalue weighted by Gasteiger charge is 2.19. The standard InChI is InChI=1S/C62H100O6/c1-4-7-10-13-16-19-22-25-27-29-31-33-34-37-40-43-46-49-52-55-61(64)67-58-59(57-66-60(63)54-51-48-45-42-39-36-24-21-18-15-12-9-6-3)68-62(65)56-53-50-47-44-41-38-35-32-30-28-26-23-20-17-14-11-8-5-2/h7,9-10,12,16,18-19,21,25,27-28,30-31,33,36-37,39-40,46,49,59H,4-6,8,11,13-15,17,20,22-24,26,29,32,34-35,38,41-45,47-48,50-58H2,1-3H3/b10-7-,12-9-,19-16-,21-18-,27-25-,30-28-,33-31-,39-36-,40-37-,49-46-. The Morgan fingerprint density at radius 1 is 0.309 bits per heavy atom. The molecule has 0 radical (unpaired) electrons. The average Bonchev–Trinajstić information content (AvgIpc) is 3.34. The Balaban J connectivity index is 4.54. The molecule has 0 heterocycles. The third-order valence-corrected chi connectivity index (χ3v) is 11.2. The van der Waals surface area contributed by atoms with Crippen molar-refractivity contribution in [1.82, 2.24) is 0 Å². The summed E-state index contributed by atoms with van der Waals surface area (Å²) >= 11 is 0. The van der Waals surface area contributed by atoms with Crippen molar-refractivity contribution in [2.45, 2.75) is 239 Å². The molecule has 0 spiro atoms. The van der Waals surface area contributed by atoms with Gasteiger partial charge in [-0.25, -0.2) is 0 Å². The van der Waals surface area contributed by atoms with E-state index in [1.54, 1.807) is 0 Å². The maximum atomic E-state index is 12.8. The Bertz CT molecular complexity index is 1450. The first-order chi connectivity index (χ1) is 33.5. The van der Waals surface area contributed by atoms with Crippen LogP contribution in [0.4, 0.5) is 0 Å². The second-order valence-corrected chi connectivity index (χ2v) is 17.7. The topological polar surface area (TPSA) is 78.9 Å². The summed E-state index contributed by atoms with van der Waals surface area (Å²) in [6.45, 7) is 6.31. The fraction of sp³-hybridized carbons (Fsp3) is 0.629. The highest BCUT2D eigenvalue weighted by atomic mass is 16.6. The normalized spacial score (nSPS) is 13.0. The lowest BCUT2D eigenvalue weighted by atomic mass is 10.1. The average molecular weight is 941 g/mol. The molecule has 1 atom stereocenters. The van der Waals surface area contributed by atoms with Gasteiger partial charge in [-0.15, -0.1) is 0 Å². The second-order valence-electron chi connectivity index (χ2n) is 17.7. The summed E-state index contributed by atoms with van der Waals surface area (Å²) in [4.78, 5) is 38.0. The molecule has 0 bridgehead atoms. The molecule has 6 nitrogen and oxygen atoms in total. The Hall–Kier alpha value is -4.19. The van der Waals surface area contributed by atoms with Gasteiger partial charge in [-0.1, -0.05) is 219 Å². The predicted octanol–water partition coefficient (Wildman–Crippen LogP) is 18.5. The van der Waals surface area contributed by atoms with Gasteiger partial charge in [-0.05, 0) is 116 Å². The molecule has 0 saturated carbocycles. The minimum absolute atomic E-state index is 0.121. The Labute approximate surface area is 418 Å². The molecule has 6 heteroatoms. The lowest BCUT2D eigenvalue weighted by molar-refractivity contribution is -0.166. The zero-order valence-electron chi connectivity index (χ0n) is 43.8. The van der Waals surface area contributed by atoms with E-state index in [-0.39, 0.29) is 37.5 Å². The first kappa shape index (κ1) is 63.8. The van der Waals surface area contributed by atoms with E-state index in [4.69, 9.17) is 14.2 Å². The van der Waals surface area contributed by atoms with Crippen LogP contribution in [0.5, 0.6) is 0 Å².